The van der Waals surface area contributed by atoms with E-state index in [1.807, 2.05) is 19.1 Å². The second-order valence-corrected chi connectivity index (χ2v) is 11.6. The predicted octanol–water partition coefficient (Wildman–Crippen LogP) is 5.76. The van der Waals surface area contributed by atoms with Gasteiger partial charge in [-0.1, -0.05) is 29.8 Å². The highest BCUT2D eigenvalue weighted by Crippen LogP contribution is 2.55. The fourth-order valence-corrected chi connectivity index (χ4v) is 7.21. The van der Waals surface area contributed by atoms with Gasteiger partial charge < -0.3 is 5.32 Å². The number of aromatic nitrogens is 2. The van der Waals surface area contributed by atoms with Gasteiger partial charge in [-0.2, -0.15) is 5.10 Å². The molecule has 4 aliphatic carbocycles. The van der Waals surface area contributed by atoms with Gasteiger partial charge in [-0.05, 0) is 105 Å². The second-order valence-electron chi connectivity index (χ2n) is 11.1. The summed E-state index contributed by atoms with van der Waals surface area (Å²) >= 11 is 6.23. The van der Waals surface area contributed by atoms with Crippen molar-refractivity contribution in [2.75, 3.05) is 0 Å². The van der Waals surface area contributed by atoms with Crippen molar-refractivity contribution in [2.45, 2.75) is 57.5 Å². The molecule has 186 valence electrons. The summed E-state index contributed by atoms with van der Waals surface area (Å²) in [7, 11) is 0. The minimum Gasteiger partial charge on any atom is -0.346 e. The third kappa shape index (κ3) is 4.36. The second kappa shape index (κ2) is 8.84. The predicted molar refractivity (Wildman–Crippen MR) is 138 cm³/mol. The average Bonchev–Trinajstić information content (AvgIpc) is 2.82. The fourth-order valence-electron chi connectivity index (χ4n) is 7.09. The van der Waals surface area contributed by atoms with Crippen LogP contribution in [0.3, 0.4) is 0 Å². The van der Waals surface area contributed by atoms with Crippen molar-refractivity contribution in [3.8, 4) is 11.3 Å². The number of halogens is 2. The standard InChI is InChI=1S/C29H29ClFN3O2/c1-17-8-22(4-7-25(17)30)26-12-24(28(36)34(33-26)16-18-2-5-23(31)6-3-18)27(35)32-29-13-19-9-20(14-29)11-21(10-19)15-29/h2-8,12,19-21H,9-11,13-16H2,1H3,(H,32,35). The Morgan fingerprint density at radius 2 is 1.69 bits per heavy atom. The number of amides is 1. The zero-order chi connectivity index (χ0) is 25.0. The number of nitrogens with one attached hydrogen (secondary N) is 1. The van der Waals surface area contributed by atoms with Crippen molar-refractivity contribution in [1.82, 2.24) is 15.1 Å². The van der Waals surface area contributed by atoms with E-state index in [1.54, 1.807) is 24.3 Å². The zero-order valence-electron chi connectivity index (χ0n) is 20.3. The van der Waals surface area contributed by atoms with Crippen LogP contribution in [-0.2, 0) is 6.54 Å². The molecule has 4 fully saturated rings. The average molecular weight is 506 g/mol. The van der Waals surface area contributed by atoms with E-state index in [-0.39, 0.29) is 29.4 Å². The van der Waals surface area contributed by atoms with Gasteiger partial charge in [0, 0.05) is 16.1 Å². The fraction of sp³-hybridized carbons (Fsp3) is 0.414. The molecule has 1 aromatic heterocycles. The van der Waals surface area contributed by atoms with Gasteiger partial charge in [-0.15, -0.1) is 0 Å². The van der Waals surface area contributed by atoms with Gasteiger partial charge in [0.2, 0.25) is 0 Å². The maximum absolute atomic E-state index is 13.7. The van der Waals surface area contributed by atoms with Crippen LogP contribution in [0.1, 0.15) is 60.0 Å². The summed E-state index contributed by atoms with van der Waals surface area (Å²) in [5, 5.41) is 8.55. The molecule has 0 radical (unpaired) electrons. The monoisotopic (exact) mass is 505 g/mol. The minimum absolute atomic E-state index is 0.0884. The minimum atomic E-state index is -0.448. The Bertz CT molecular complexity index is 1360. The molecule has 0 atom stereocenters. The summed E-state index contributed by atoms with van der Waals surface area (Å²) in [6, 6.07) is 13.1. The first-order valence-corrected chi connectivity index (χ1v) is 13.1. The molecule has 1 N–H and O–H groups in total. The first kappa shape index (κ1) is 23.4. The Balaban J connectivity index is 1.38. The molecule has 7 heteroatoms. The van der Waals surface area contributed by atoms with Crippen LogP contribution in [0, 0.1) is 30.5 Å². The Labute approximate surface area is 214 Å². The van der Waals surface area contributed by atoms with E-state index in [1.165, 1.54) is 36.1 Å². The number of aryl methyl sites for hydroxylation is 1. The van der Waals surface area contributed by atoms with Crippen molar-refractivity contribution in [1.29, 1.82) is 0 Å². The lowest BCUT2D eigenvalue weighted by atomic mass is 9.53. The van der Waals surface area contributed by atoms with E-state index in [4.69, 9.17) is 11.6 Å². The molecule has 0 saturated heterocycles. The van der Waals surface area contributed by atoms with E-state index in [0.717, 1.165) is 36.0 Å². The van der Waals surface area contributed by atoms with E-state index < -0.39 is 5.56 Å². The lowest BCUT2D eigenvalue weighted by molar-refractivity contribution is -0.0167. The summed E-state index contributed by atoms with van der Waals surface area (Å²) in [5.74, 6) is 1.36. The third-order valence-electron chi connectivity index (χ3n) is 8.34. The molecule has 3 aromatic rings. The topological polar surface area (TPSA) is 64.0 Å². The Morgan fingerprint density at radius 3 is 2.31 bits per heavy atom. The molecule has 36 heavy (non-hydrogen) atoms. The molecule has 0 spiro atoms. The zero-order valence-corrected chi connectivity index (χ0v) is 21.0. The normalized spacial score (nSPS) is 26.2. The number of carbonyl (C=O) groups is 1. The summed E-state index contributed by atoms with van der Waals surface area (Å²) in [5.41, 5.74) is 2.33. The van der Waals surface area contributed by atoms with Crippen molar-refractivity contribution >= 4 is 17.5 Å². The van der Waals surface area contributed by atoms with Crippen molar-refractivity contribution < 1.29 is 9.18 Å². The Kier molecular flexibility index (Phi) is 5.75. The molecule has 4 bridgehead atoms. The summed E-state index contributed by atoms with van der Waals surface area (Å²) in [6.07, 6.45) is 6.83. The van der Waals surface area contributed by atoms with Gasteiger partial charge in [0.1, 0.15) is 11.4 Å². The maximum atomic E-state index is 13.7. The first-order chi connectivity index (χ1) is 17.3. The molecular formula is C29H29ClFN3O2. The summed E-state index contributed by atoms with van der Waals surface area (Å²) in [4.78, 5) is 27.2. The molecule has 7 rings (SSSR count). The molecule has 4 saturated carbocycles. The van der Waals surface area contributed by atoms with Crippen LogP contribution in [0.25, 0.3) is 11.3 Å². The van der Waals surface area contributed by atoms with Crippen molar-refractivity contribution in [3.63, 3.8) is 0 Å². The third-order valence-corrected chi connectivity index (χ3v) is 8.76. The van der Waals surface area contributed by atoms with Crippen LogP contribution in [0.5, 0.6) is 0 Å². The lowest BCUT2D eigenvalue weighted by Crippen LogP contribution is -2.60. The highest BCUT2D eigenvalue weighted by Gasteiger charge is 2.51. The maximum Gasteiger partial charge on any atom is 0.279 e. The van der Waals surface area contributed by atoms with Gasteiger partial charge in [-0.3, -0.25) is 9.59 Å². The lowest BCUT2D eigenvalue weighted by Gasteiger charge is -2.56. The van der Waals surface area contributed by atoms with Crippen LogP contribution in [0.2, 0.25) is 5.02 Å². The van der Waals surface area contributed by atoms with E-state index in [0.29, 0.717) is 28.5 Å². The first-order valence-electron chi connectivity index (χ1n) is 12.7. The summed E-state index contributed by atoms with van der Waals surface area (Å²) in [6.45, 7) is 2.04. The van der Waals surface area contributed by atoms with Crippen LogP contribution < -0.4 is 10.9 Å². The molecular weight excluding hydrogens is 477 g/mol. The molecule has 0 unspecified atom stereocenters. The summed E-state index contributed by atoms with van der Waals surface area (Å²) < 4.78 is 14.7. The quantitative estimate of drug-likeness (QED) is 0.479. The van der Waals surface area contributed by atoms with Crippen molar-refractivity contribution in [3.05, 3.63) is 86.4 Å². The van der Waals surface area contributed by atoms with Crippen LogP contribution in [0.4, 0.5) is 4.39 Å². The number of rotatable bonds is 5. The highest BCUT2D eigenvalue weighted by molar-refractivity contribution is 6.31. The van der Waals surface area contributed by atoms with Crippen LogP contribution in [0.15, 0.2) is 53.3 Å². The van der Waals surface area contributed by atoms with Gasteiger partial charge in [-0.25, -0.2) is 9.07 Å². The van der Waals surface area contributed by atoms with Gasteiger partial charge in [0.25, 0.3) is 11.5 Å². The molecule has 1 heterocycles. The Hall–Kier alpha value is -2.99. The molecule has 5 nitrogen and oxygen atoms in total. The number of hydrogen-bond acceptors (Lipinski definition) is 3. The van der Waals surface area contributed by atoms with Gasteiger partial charge in [0.15, 0.2) is 0 Å². The van der Waals surface area contributed by atoms with Gasteiger partial charge >= 0.3 is 0 Å². The molecule has 2 aromatic carbocycles. The molecule has 0 aliphatic heterocycles. The number of hydrogen-bond donors (Lipinski definition) is 1. The van der Waals surface area contributed by atoms with Crippen LogP contribution >= 0.6 is 11.6 Å². The smallest absolute Gasteiger partial charge is 0.279 e. The molecule has 4 aliphatic rings. The van der Waals surface area contributed by atoms with E-state index in [9.17, 15) is 14.0 Å². The SMILES string of the molecule is Cc1cc(-c2cc(C(=O)NC34CC5CC(CC(C5)C3)C4)c(=O)n(Cc3ccc(F)cc3)n2)ccc1Cl. The van der Waals surface area contributed by atoms with Crippen molar-refractivity contribution in [2.24, 2.45) is 17.8 Å². The number of nitrogens with zero attached hydrogens (tertiary/aromatic N) is 2. The molecule has 1 amide bonds. The largest absolute Gasteiger partial charge is 0.346 e. The van der Waals surface area contributed by atoms with Crippen LogP contribution in [-0.4, -0.2) is 21.2 Å². The Morgan fingerprint density at radius 1 is 1.06 bits per heavy atom. The van der Waals surface area contributed by atoms with E-state index in [2.05, 4.69) is 10.4 Å². The number of benzene rings is 2. The van der Waals surface area contributed by atoms with Gasteiger partial charge in [0.05, 0.1) is 12.2 Å². The number of carbonyl (C=O) groups excluding carboxylic acids is 1. The highest BCUT2D eigenvalue weighted by atomic mass is 35.5. The van der Waals surface area contributed by atoms with E-state index >= 15 is 0 Å².